The van der Waals surface area contributed by atoms with Crippen LogP contribution in [0.4, 0.5) is 0 Å². The smallest absolute Gasteiger partial charge is 0.0135 e. The van der Waals surface area contributed by atoms with Gasteiger partial charge in [0.2, 0.25) is 0 Å². The Labute approximate surface area is 75.7 Å². The molecular weight excluding hydrogens is 146 g/mol. The summed E-state index contributed by atoms with van der Waals surface area (Å²) in [5, 5.41) is 0. The summed E-state index contributed by atoms with van der Waals surface area (Å²) >= 11 is 0. The molecule has 1 heteroatoms. The molecule has 1 nitrogen and oxygen atoms in total. The number of rotatable bonds is 4. The van der Waals surface area contributed by atoms with Crippen LogP contribution in [0.5, 0.6) is 0 Å². The first-order chi connectivity index (χ1) is 5.49. The Kier molecular flexibility index (Phi) is 4.42. The maximum atomic E-state index is 5.56. The highest BCUT2D eigenvalue weighted by Gasteiger charge is 2.00. The maximum Gasteiger partial charge on any atom is 0.0135 e. The summed E-state index contributed by atoms with van der Waals surface area (Å²) in [6, 6.07) is 0. The third-order valence-corrected chi connectivity index (χ3v) is 2.07. The highest BCUT2D eigenvalue weighted by Crippen LogP contribution is 2.15. The van der Waals surface area contributed by atoms with E-state index < -0.39 is 0 Å². The first-order valence-corrected chi connectivity index (χ1v) is 4.29. The van der Waals surface area contributed by atoms with E-state index in [0.29, 0.717) is 5.70 Å². The lowest BCUT2D eigenvalue weighted by Gasteiger charge is -2.08. The standard InChI is InChI=1S/C11H19N/c1-6-8(2)9(3)7-10(4)11(5)12/h7,10H,2,5-6,12H2,1,3-4H3/b9-7-. The van der Waals surface area contributed by atoms with Gasteiger partial charge in [-0.05, 0) is 13.3 Å². The molecule has 0 saturated heterocycles. The zero-order valence-electron chi connectivity index (χ0n) is 8.35. The Hall–Kier alpha value is -0.980. The lowest BCUT2D eigenvalue weighted by Crippen LogP contribution is -2.04. The van der Waals surface area contributed by atoms with Gasteiger partial charge in [0.1, 0.15) is 0 Å². The Morgan fingerprint density at radius 3 is 2.33 bits per heavy atom. The predicted octanol–water partition coefficient (Wildman–Crippen LogP) is 3.01. The first-order valence-electron chi connectivity index (χ1n) is 4.29. The number of hydrogen-bond acceptors (Lipinski definition) is 1. The molecule has 0 aromatic rings. The summed E-state index contributed by atoms with van der Waals surface area (Å²) in [4.78, 5) is 0. The molecule has 0 aliphatic rings. The highest BCUT2D eigenvalue weighted by atomic mass is 14.6. The minimum Gasteiger partial charge on any atom is -0.402 e. The second-order valence-electron chi connectivity index (χ2n) is 3.17. The summed E-state index contributed by atoms with van der Waals surface area (Å²) in [7, 11) is 0. The molecule has 0 radical (unpaired) electrons. The van der Waals surface area contributed by atoms with E-state index in [4.69, 9.17) is 5.73 Å². The van der Waals surface area contributed by atoms with Crippen molar-refractivity contribution in [3.63, 3.8) is 0 Å². The van der Waals surface area contributed by atoms with Gasteiger partial charge < -0.3 is 5.73 Å². The fourth-order valence-electron chi connectivity index (χ4n) is 0.879. The third-order valence-electron chi connectivity index (χ3n) is 2.07. The van der Waals surface area contributed by atoms with Crippen molar-refractivity contribution in [2.24, 2.45) is 11.7 Å². The molecule has 68 valence electrons. The van der Waals surface area contributed by atoms with Gasteiger partial charge in [-0.2, -0.15) is 0 Å². The average Bonchev–Trinajstić information content (AvgIpc) is 2.02. The van der Waals surface area contributed by atoms with E-state index in [1.54, 1.807) is 0 Å². The molecule has 0 aliphatic carbocycles. The van der Waals surface area contributed by atoms with Crippen molar-refractivity contribution in [1.29, 1.82) is 0 Å². The van der Waals surface area contributed by atoms with Gasteiger partial charge in [0.25, 0.3) is 0 Å². The van der Waals surface area contributed by atoms with Crippen molar-refractivity contribution >= 4 is 0 Å². The molecule has 0 aliphatic heterocycles. The molecule has 0 aromatic carbocycles. The van der Waals surface area contributed by atoms with E-state index in [-0.39, 0.29) is 5.92 Å². The van der Waals surface area contributed by atoms with Crippen molar-refractivity contribution in [2.75, 3.05) is 0 Å². The van der Waals surface area contributed by atoms with Gasteiger partial charge >= 0.3 is 0 Å². The molecule has 2 N–H and O–H groups in total. The topological polar surface area (TPSA) is 26.0 Å². The Bertz CT molecular complexity index is 211. The van der Waals surface area contributed by atoms with Crippen molar-refractivity contribution in [3.8, 4) is 0 Å². The van der Waals surface area contributed by atoms with Crippen molar-refractivity contribution in [3.05, 3.63) is 36.1 Å². The van der Waals surface area contributed by atoms with Crippen LogP contribution in [0.2, 0.25) is 0 Å². The Balaban J connectivity index is 4.35. The molecule has 0 spiro atoms. The number of allylic oxidation sites excluding steroid dienone is 3. The normalized spacial score (nSPS) is 14.1. The second kappa shape index (κ2) is 4.81. The van der Waals surface area contributed by atoms with Gasteiger partial charge in [0.05, 0.1) is 0 Å². The number of nitrogens with two attached hydrogens (primary N) is 1. The van der Waals surface area contributed by atoms with E-state index in [9.17, 15) is 0 Å². The zero-order chi connectivity index (χ0) is 9.72. The molecule has 0 heterocycles. The molecule has 0 fully saturated rings. The zero-order valence-corrected chi connectivity index (χ0v) is 8.35. The van der Waals surface area contributed by atoms with Crippen LogP contribution < -0.4 is 5.73 Å². The molecule has 12 heavy (non-hydrogen) atoms. The Morgan fingerprint density at radius 2 is 2.00 bits per heavy atom. The van der Waals surface area contributed by atoms with Gasteiger partial charge in [-0.15, -0.1) is 0 Å². The summed E-state index contributed by atoms with van der Waals surface area (Å²) in [5.41, 5.74) is 8.65. The van der Waals surface area contributed by atoms with Gasteiger partial charge in [-0.25, -0.2) is 0 Å². The Morgan fingerprint density at radius 1 is 1.50 bits per heavy atom. The summed E-state index contributed by atoms with van der Waals surface area (Å²) < 4.78 is 0. The minimum absolute atomic E-state index is 0.244. The van der Waals surface area contributed by atoms with Gasteiger partial charge in [-0.1, -0.05) is 44.2 Å². The fraction of sp³-hybridized carbons (Fsp3) is 0.455. The minimum atomic E-state index is 0.244. The monoisotopic (exact) mass is 165 g/mol. The van der Waals surface area contributed by atoms with Crippen LogP contribution in [-0.2, 0) is 0 Å². The van der Waals surface area contributed by atoms with Crippen LogP contribution in [0.1, 0.15) is 27.2 Å². The van der Waals surface area contributed by atoms with E-state index in [1.165, 1.54) is 11.1 Å². The predicted molar refractivity (Wildman–Crippen MR) is 55.7 cm³/mol. The first kappa shape index (κ1) is 11.0. The molecule has 1 unspecified atom stereocenters. The van der Waals surface area contributed by atoms with Crippen LogP contribution in [0.15, 0.2) is 36.1 Å². The van der Waals surface area contributed by atoms with Gasteiger partial charge in [0, 0.05) is 11.6 Å². The molecule has 1 atom stereocenters. The van der Waals surface area contributed by atoms with Gasteiger partial charge in [0.15, 0.2) is 0 Å². The maximum absolute atomic E-state index is 5.56. The molecule has 0 rings (SSSR count). The average molecular weight is 165 g/mol. The van der Waals surface area contributed by atoms with Crippen molar-refractivity contribution in [2.45, 2.75) is 27.2 Å². The summed E-state index contributed by atoms with van der Waals surface area (Å²) in [6.45, 7) is 13.8. The molecule has 0 amide bonds. The van der Waals surface area contributed by atoms with E-state index in [0.717, 1.165) is 6.42 Å². The molecular formula is C11H19N. The lowest BCUT2D eigenvalue weighted by molar-refractivity contribution is 0.841. The SMILES string of the molecule is C=C(CC)/C(C)=C\C(C)C(=C)N. The molecule has 0 saturated carbocycles. The highest BCUT2D eigenvalue weighted by molar-refractivity contribution is 5.27. The van der Waals surface area contributed by atoms with Crippen LogP contribution in [0.25, 0.3) is 0 Å². The van der Waals surface area contributed by atoms with E-state index in [1.807, 2.05) is 6.92 Å². The van der Waals surface area contributed by atoms with Crippen LogP contribution >= 0.6 is 0 Å². The van der Waals surface area contributed by atoms with Crippen LogP contribution in [-0.4, -0.2) is 0 Å². The fourth-order valence-corrected chi connectivity index (χ4v) is 0.879. The van der Waals surface area contributed by atoms with Crippen LogP contribution in [0, 0.1) is 5.92 Å². The summed E-state index contributed by atoms with van der Waals surface area (Å²) in [6.07, 6.45) is 3.10. The van der Waals surface area contributed by atoms with E-state index >= 15 is 0 Å². The molecule has 0 bridgehead atoms. The van der Waals surface area contributed by atoms with Crippen molar-refractivity contribution in [1.82, 2.24) is 0 Å². The summed E-state index contributed by atoms with van der Waals surface area (Å²) in [5.74, 6) is 0.244. The second-order valence-corrected chi connectivity index (χ2v) is 3.17. The molecule has 0 aromatic heterocycles. The van der Waals surface area contributed by atoms with E-state index in [2.05, 4.69) is 33.1 Å². The largest absolute Gasteiger partial charge is 0.402 e. The quantitative estimate of drug-likeness (QED) is 0.637. The lowest BCUT2D eigenvalue weighted by atomic mass is 10.0. The van der Waals surface area contributed by atoms with Gasteiger partial charge in [-0.3, -0.25) is 0 Å². The third kappa shape index (κ3) is 3.42. The number of hydrogen-bond donors (Lipinski definition) is 1. The van der Waals surface area contributed by atoms with Crippen molar-refractivity contribution < 1.29 is 0 Å². The van der Waals surface area contributed by atoms with Crippen LogP contribution in [0.3, 0.4) is 0 Å².